The van der Waals surface area contributed by atoms with Crippen molar-refractivity contribution < 1.29 is 30.7 Å². The van der Waals surface area contributed by atoms with Crippen molar-refractivity contribution in [3.8, 4) is 0 Å². The molecule has 1 aliphatic carbocycles. The lowest BCUT2D eigenvalue weighted by molar-refractivity contribution is 0.0156. The number of ether oxygens (including phenoxy) is 1. The van der Waals surface area contributed by atoms with Gasteiger partial charge in [0, 0.05) is 18.2 Å². The molecule has 2 atom stereocenters. The van der Waals surface area contributed by atoms with E-state index >= 15 is 0 Å². The Kier molecular flexibility index (Phi) is 8.52. The zero-order valence-electron chi connectivity index (χ0n) is 20.0. The molecule has 0 unspecified atom stereocenters. The number of nitrogens with one attached hydrogen (secondary N) is 1. The summed E-state index contributed by atoms with van der Waals surface area (Å²) in [6, 6.07) is 11.0. The summed E-state index contributed by atoms with van der Waals surface area (Å²) in [6.45, 7) is 0.392. The minimum absolute atomic E-state index is 0.0247. The van der Waals surface area contributed by atoms with Gasteiger partial charge in [-0.25, -0.2) is 35.7 Å². The van der Waals surface area contributed by atoms with Crippen LogP contribution in [0.25, 0.3) is 0 Å². The molecule has 2 aliphatic rings. The van der Waals surface area contributed by atoms with Crippen LogP contribution in [-0.4, -0.2) is 51.0 Å². The van der Waals surface area contributed by atoms with Crippen LogP contribution < -0.4 is 9.62 Å². The van der Waals surface area contributed by atoms with Crippen LogP contribution in [0, 0.1) is 0 Å². The fourth-order valence-electron chi connectivity index (χ4n) is 5.22. The summed E-state index contributed by atoms with van der Waals surface area (Å²) >= 11 is 0. The maximum atomic E-state index is 13.4. The van der Waals surface area contributed by atoms with E-state index in [-0.39, 0.29) is 25.1 Å². The summed E-state index contributed by atoms with van der Waals surface area (Å²) in [4.78, 5) is 5.53. The first kappa shape index (κ1) is 26.8. The molecule has 1 aliphatic heterocycles. The van der Waals surface area contributed by atoms with Gasteiger partial charge in [-0.2, -0.15) is 0 Å². The lowest BCUT2D eigenvalue weighted by Gasteiger charge is -2.33. The number of benzene rings is 1. The Balaban J connectivity index is 1.49. The highest BCUT2D eigenvalue weighted by molar-refractivity contribution is 7.88. The van der Waals surface area contributed by atoms with Crippen LogP contribution in [0.5, 0.6) is 0 Å². The largest absolute Gasteiger partial charge is 0.376 e. The first-order valence-corrected chi connectivity index (χ1v) is 14.0. The zero-order chi connectivity index (χ0) is 25.9. The van der Waals surface area contributed by atoms with Crippen molar-refractivity contribution in [1.29, 1.82) is 0 Å². The number of sulfonamides is 1. The fourth-order valence-corrected chi connectivity index (χ4v) is 6.05. The lowest BCUT2D eigenvalue weighted by atomic mass is 9.83. The highest BCUT2D eigenvalue weighted by atomic mass is 32.2. The number of rotatable bonds is 9. The minimum Gasteiger partial charge on any atom is -0.376 e. The number of alkyl halides is 4. The van der Waals surface area contributed by atoms with E-state index in [1.807, 2.05) is 18.2 Å². The first-order valence-electron chi connectivity index (χ1n) is 12.1. The number of anilines is 1. The van der Waals surface area contributed by atoms with Gasteiger partial charge in [0.2, 0.25) is 10.0 Å². The van der Waals surface area contributed by atoms with Crippen molar-refractivity contribution in [3.63, 3.8) is 0 Å². The van der Waals surface area contributed by atoms with Gasteiger partial charge in [-0.3, -0.25) is 0 Å². The molecule has 1 aromatic carbocycles. The molecule has 0 amide bonds. The van der Waals surface area contributed by atoms with Crippen molar-refractivity contribution in [3.05, 3.63) is 59.3 Å². The second-order valence-corrected chi connectivity index (χ2v) is 11.3. The second kappa shape index (κ2) is 11.4. The standard InChI is InChI=1S/C25H31F4N3O3S/c1-36(33,34)31-20-11-12-32(23-14-18(24(26)27)13-21(30-23)25(28)29)22(20)15-35-19-9-7-17(8-10-19)16-5-3-2-4-6-16/h2-6,13-14,17,19-20,22,24-25,31H,7-12,15H2,1H3/t17?,19?,20-,22-/m0/s1. The molecule has 1 N–H and O–H groups in total. The van der Waals surface area contributed by atoms with E-state index in [0.717, 1.165) is 38.0 Å². The summed E-state index contributed by atoms with van der Waals surface area (Å²) in [5.74, 6) is 0.435. The van der Waals surface area contributed by atoms with Crippen molar-refractivity contribution >= 4 is 15.8 Å². The van der Waals surface area contributed by atoms with Gasteiger partial charge < -0.3 is 9.64 Å². The van der Waals surface area contributed by atoms with Gasteiger partial charge in [-0.05, 0) is 55.7 Å². The van der Waals surface area contributed by atoms with Gasteiger partial charge in [0.25, 0.3) is 12.9 Å². The molecule has 11 heteroatoms. The lowest BCUT2D eigenvalue weighted by Crippen LogP contribution is -2.48. The van der Waals surface area contributed by atoms with Crippen molar-refractivity contribution in [1.82, 2.24) is 9.71 Å². The summed E-state index contributed by atoms with van der Waals surface area (Å²) in [6.07, 6.45) is -0.960. The van der Waals surface area contributed by atoms with E-state index < -0.39 is 46.2 Å². The minimum atomic E-state index is -3.56. The molecule has 2 aromatic rings. The molecule has 36 heavy (non-hydrogen) atoms. The number of hydrogen-bond acceptors (Lipinski definition) is 5. The van der Waals surface area contributed by atoms with Crippen LogP contribution in [0.2, 0.25) is 0 Å². The number of nitrogens with zero attached hydrogens (tertiary/aromatic N) is 2. The van der Waals surface area contributed by atoms with Crippen molar-refractivity contribution in [2.75, 3.05) is 24.3 Å². The number of pyridine rings is 1. The molecule has 2 heterocycles. The molecule has 1 saturated carbocycles. The Morgan fingerprint density at radius 2 is 1.72 bits per heavy atom. The monoisotopic (exact) mass is 529 g/mol. The van der Waals surface area contributed by atoms with Gasteiger partial charge in [0.05, 0.1) is 25.0 Å². The average Bonchev–Trinajstić information content (AvgIpc) is 3.24. The molecular formula is C25H31F4N3O3S. The molecule has 198 valence electrons. The summed E-state index contributed by atoms with van der Waals surface area (Å²) in [5.41, 5.74) is 0.0186. The molecule has 1 aromatic heterocycles. The Morgan fingerprint density at radius 3 is 2.33 bits per heavy atom. The molecule has 0 bridgehead atoms. The predicted molar refractivity (Wildman–Crippen MR) is 129 cm³/mol. The highest BCUT2D eigenvalue weighted by Crippen LogP contribution is 2.35. The van der Waals surface area contributed by atoms with E-state index in [9.17, 15) is 26.0 Å². The maximum absolute atomic E-state index is 13.4. The third-order valence-electron chi connectivity index (χ3n) is 6.98. The summed E-state index contributed by atoms with van der Waals surface area (Å²) < 4.78 is 86.3. The maximum Gasteiger partial charge on any atom is 0.280 e. The molecule has 4 rings (SSSR count). The number of hydrogen-bond donors (Lipinski definition) is 1. The molecule has 0 radical (unpaired) electrons. The van der Waals surface area contributed by atoms with Gasteiger partial charge in [-0.1, -0.05) is 30.3 Å². The first-order chi connectivity index (χ1) is 17.1. The van der Waals surface area contributed by atoms with Gasteiger partial charge >= 0.3 is 0 Å². The SMILES string of the molecule is CS(=O)(=O)N[C@H]1CCN(c2cc(C(F)F)cc(C(F)F)n2)[C@H]1COC1CCC(c2ccccc2)CC1. The van der Waals surface area contributed by atoms with Crippen LogP contribution in [-0.2, 0) is 14.8 Å². The van der Waals surface area contributed by atoms with Crippen molar-refractivity contribution in [2.24, 2.45) is 0 Å². The van der Waals surface area contributed by atoms with E-state index in [2.05, 4.69) is 21.8 Å². The van der Waals surface area contributed by atoms with E-state index in [1.54, 1.807) is 4.90 Å². The fraction of sp³-hybridized carbons (Fsp3) is 0.560. The van der Waals surface area contributed by atoms with Crippen LogP contribution in [0.1, 0.15) is 67.7 Å². The summed E-state index contributed by atoms with van der Waals surface area (Å²) in [7, 11) is -3.56. The van der Waals surface area contributed by atoms with Crippen LogP contribution in [0.15, 0.2) is 42.5 Å². The smallest absolute Gasteiger partial charge is 0.280 e. The zero-order valence-corrected chi connectivity index (χ0v) is 20.8. The van der Waals surface area contributed by atoms with Gasteiger partial charge in [-0.15, -0.1) is 0 Å². The Hall–Kier alpha value is -2.24. The Bertz CT molecular complexity index is 1090. The van der Waals surface area contributed by atoms with Gasteiger partial charge in [0.1, 0.15) is 11.5 Å². The Labute approximate surface area is 209 Å². The highest BCUT2D eigenvalue weighted by Gasteiger charge is 2.38. The third kappa shape index (κ3) is 6.74. The van der Waals surface area contributed by atoms with Crippen molar-refractivity contribution in [2.45, 2.75) is 69.1 Å². The van der Waals surface area contributed by atoms with Gasteiger partial charge in [0.15, 0.2) is 0 Å². The average molecular weight is 530 g/mol. The number of halogens is 4. The van der Waals surface area contributed by atoms with E-state index in [4.69, 9.17) is 4.74 Å². The third-order valence-corrected chi connectivity index (χ3v) is 7.71. The summed E-state index contributed by atoms with van der Waals surface area (Å²) in [5, 5.41) is 0. The molecule has 1 saturated heterocycles. The Morgan fingerprint density at radius 1 is 1.03 bits per heavy atom. The number of aromatic nitrogens is 1. The van der Waals surface area contributed by atoms with Crippen LogP contribution in [0.4, 0.5) is 23.4 Å². The van der Waals surface area contributed by atoms with Crippen LogP contribution >= 0.6 is 0 Å². The topological polar surface area (TPSA) is 71.5 Å². The molecule has 0 spiro atoms. The second-order valence-electron chi connectivity index (χ2n) is 9.55. The molecule has 6 nitrogen and oxygen atoms in total. The normalized spacial score (nSPS) is 25.1. The molecular weight excluding hydrogens is 498 g/mol. The van der Waals surface area contributed by atoms with E-state index in [1.165, 1.54) is 5.56 Å². The quantitative estimate of drug-likeness (QED) is 0.453. The molecule has 2 fully saturated rings. The predicted octanol–water partition coefficient (Wildman–Crippen LogP) is 5.20. The van der Waals surface area contributed by atoms with E-state index in [0.29, 0.717) is 18.4 Å². The van der Waals surface area contributed by atoms with Crippen LogP contribution in [0.3, 0.4) is 0 Å².